The van der Waals surface area contributed by atoms with Gasteiger partial charge in [-0.25, -0.2) is 4.99 Å². The molecule has 0 bridgehead atoms. The lowest BCUT2D eigenvalue weighted by molar-refractivity contribution is -0.118. The second kappa shape index (κ2) is 6.18. The van der Waals surface area contributed by atoms with Crippen LogP contribution in [0.5, 0.6) is 0 Å². The molecule has 4 nitrogen and oxygen atoms in total. The summed E-state index contributed by atoms with van der Waals surface area (Å²) in [5.41, 5.74) is 3.23. The Balaban J connectivity index is 2.28. The second-order valence-electron chi connectivity index (χ2n) is 4.78. The van der Waals surface area contributed by atoms with Gasteiger partial charge in [0.1, 0.15) is 0 Å². The van der Waals surface area contributed by atoms with Gasteiger partial charge >= 0.3 is 0 Å². The normalized spacial score (nSPS) is 23.6. The molecule has 106 valence electrons. The Morgan fingerprint density at radius 1 is 1.50 bits per heavy atom. The molecule has 5 heteroatoms. The number of carbonyl (C=O) groups is 2. The van der Waals surface area contributed by atoms with E-state index in [1.165, 1.54) is 0 Å². The van der Waals surface area contributed by atoms with Crippen LogP contribution in [0, 0.1) is 5.92 Å². The summed E-state index contributed by atoms with van der Waals surface area (Å²) in [6, 6.07) is 0. The number of amides is 2. The highest BCUT2D eigenvalue weighted by molar-refractivity contribution is 6.19. The first-order chi connectivity index (χ1) is 9.56. The number of rotatable bonds is 3. The molecule has 1 N–H and O–H groups in total. The van der Waals surface area contributed by atoms with E-state index in [4.69, 9.17) is 11.6 Å². The molecule has 2 amide bonds. The minimum Gasteiger partial charge on any atom is -0.325 e. The molecule has 0 fully saturated rings. The zero-order chi connectivity index (χ0) is 14.7. The summed E-state index contributed by atoms with van der Waals surface area (Å²) in [7, 11) is 0. The predicted octanol–water partition coefficient (Wildman–Crippen LogP) is 2.51. The largest absolute Gasteiger partial charge is 0.325 e. The van der Waals surface area contributed by atoms with E-state index < -0.39 is 0 Å². The molecule has 0 aromatic heterocycles. The summed E-state index contributed by atoms with van der Waals surface area (Å²) in [6.45, 7) is 3.94. The molecule has 0 radical (unpaired) electrons. The summed E-state index contributed by atoms with van der Waals surface area (Å²) >= 11 is 5.51. The van der Waals surface area contributed by atoms with Gasteiger partial charge in [0.05, 0.1) is 5.71 Å². The Bertz CT molecular complexity index is 570. The maximum atomic E-state index is 12.0. The standard InChI is InChI=1S/C15H17ClN2O2/c1-3-11-9(2)12-5-4-10(17-14(19)6-7-16)8-13(12)18-15(11)20/h4-5,8,12H,3,6-7H2,1-2H3,(H,18,20). The van der Waals surface area contributed by atoms with Crippen LogP contribution < -0.4 is 5.32 Å². The molecule has 1 unspecified atom stereocenters. The Hall–Kier alpha value is -1.68. The molecule has 2 aliphatic rings. The number of aliphatic imine (C=N–C) groups is 1. The summed E-state index contributed by atoms with van der Waals surface area (Å²) in [4.78, 5) is 27.4. The zero-order valence-corrected chi connectivity index (χ0v) is 12.3. The zero-order valence-electron chi connectivity index (χ0n) is 11.6. The van der Waals surface area contributed by atoms with Crippen LogP contribution in [-0.2, 0) is 9.59 Å². The van der Waals surface area contributed by atoms with Gasteiger partial charge in [-0.05, 0) is 25.5 Å². The van der Waals surface area contributed by atoms with Gasteiger partial charge in [0, 0.05) is 29.5 Å². The number of carbonyl (C=O) groups excluding carboxylic acids is 2. The number of nitrogens with one attached hydrogen (secondary N) is 1. The number of allylic oxidation sites excluding steroid dienone is 3. The third kappa shape index (κ3) is 2.90. The molecule has 2 rings (SSSR count). The first kappa shape index (κ1) is 14.7. The fourth-order valence-electron chi connectivity index (χ4n) is 2.45. The van der Waals surface area contributed by atoms with Crippen LogP contribution in [0.15, 0.2) is 40.1 Å². The quantitative estimate of drug-likeness (QED) is 0.813. The van der Waals surface area contributed by atoms with E-state index in [0.717, 1.165) is 16.8 Å². The Kier molecular flexibility index (Phi) is 4.55. The summed E-state index contributed by atoms with van der Waals surface area (Å²) in [5.74, 6) is 0.0225. The van der Waals surface area contributed by atoms with E-state index in [2.05, 4.69) is 10.3 Å². The monoisotopic (exact) mass is 292 g/mol. The lowest BCUT2D eigenvalue weighted by Crippen LogP contribution is -2.36. The Morgan fingerprint density at radius 3 is 2.90 bits per heavy atom. The van der Waals surface area contributed by atoms with Crippen LogP contribution in [0.1, 0.15) is 26.7 Å². The molecule has 0 aromatic rings. The van der Waals surface area contributed by atoms with Gasteiger partial charge in [-0.2, -0.15) is 0 Å². The van der Waals surface area contributed by atoms with Crippen molar-refractivity contribution in [3.63, 3.8) is 0 Å². The summed E-state index contributed by atoms with van der Waals surface area (Å²) in [6.07, 6.45) is 6.47. The molecular weight excluding hydrogens is 276 g/mol. The van der Waals surface area contributed by atoms with Gasteiger partial charge in [-0.15, -0.1) is 11.6 Å². The van der Waals surface area contributed by atoms with E-state index in [9.17, 15) is 9.59 Å². The minimum absolute atomic E-state index is 0.0609. The third-order valence-electron chi connectivity index (χ3n) is 3.49. The number of nitrogens with zero attached hydrogens (tertiary/aromatic N) is 1. The average molecular weight is 293 g/mol. The lowest BCUT2D eigenvalue weighted by atomic mass is 9.84. The van der Waals surface area contributed by atoms with E-state index in [1.807, 2.05) is 26.0 Å². The maximum Gasteiger partial charge on any atom is 0.251 e. The number of alkyl halides is 1. The smallest absolute Gasteiger partial charge is 0.251 e. The average Bonchev–Trinajstić information content (AvgIpc) is 2.39. The third-order valence-corrected chi connectivity index (χ3v) is 3.68. The van der Waals surface area contributed by atoms with Gasteiger partial charge in [0.2, 0.25) is 5.91 Å². The lowest BCUT2D eigenvalue weighted by Gasteiger charge is -2.29. The first-order valence-corrected chi connectivity index (χ1v) is 7.18. The van der Waals surface area contributed by atoms with Crippen LogP contribution in [0.2, 0.25) is 0 Å². The van der Waals surface area contributed by atoms with E-state index >= 15 is 0 Å². The topological polar surface area (TPSA) is 58.5 Å². The molecule has 1 heterocycles. The van der Waals surface area contributed by atoms with Crippen LogP contribution in [-0.4, -0.2) is 23.4 Å². The van der Waals surface area contributed by atoms with Crippen molar-refractivity contribution >= 4 is 29.1 Å². The van der Waals surface area contributed by atoms with Crippen molar-refractivity contribution in [2.75, 3.05) is 5.88 Å². The van der Waals surface area contributed by atoms with Crippen LogP contribution in [0.3, 0.4) is 0 Å². The summed E-state index contributed by atoms with van der Waals surface area (Å²) in [5, 5.41) is 2.88. The maximum absolute atomic E-state index is 12.0. The molecule has 0 aromatic carbocycles. The summed E-state index contributed by atoms with van der Waals surface area (Å²) < 4.78 is 0. The van der Waals surface area contributed by atoms with Crippen LogP contribution >= 0.6 is 11.6 Å². The number of halogens is 1. The van der Waals surface area contributed by atoms with E-state index in [0.29, 0.717) is 12.1 Å². The van der Waals surface area contributed by atoms with E-state index in [1.54, 1.807) is 6.08 Å². The molecule has 1 aliphatic carbocycles. The van der Waals surface area contributed by atoms with Crippen molar-refractivity contribution < 1.29 is 9.59 Å². The Morgan fingerprint density at radius 2 is 2.25 bits per heavy atom. The van der Waals surface area contributed by atoms with Gasteiger partial charge in [-0.3, -0.25) is 9.59 Å². The number of hydrogen-bond donors (Lipinski definition) is 1. The fraction of sp³-hybridized carbons (Fsp3) is 0.400. The van der Waals surface area contributed by atoms with Crippen molar-refractivity contribution in [3.8, 4) is 0 Å². The van der Waals surface area contributed by atoms with Crippen molar-refractivity contribution in [3.05, 3.63) is 35.1 Å². The van der Waals surface area contributed by atoms with Crippen molar-refractivity contribution in [2.45, 2.75) is 26.7 Å². The van der Waals surface area contributed by atoms with Crippen molar-refractivity contribution in [1.29, 1.82) is 0 Å². The fourth-order valence-corrected chi connectivity index (χ4v) is 2.61. The second-order valence-corrected chi connectivity index (χ2v) is 5.15. The molecule has 1 atom stereocenters. The number of hydrogen-bond acceptors (Lipinski definition) is 2. The predicted molar refractivity (Wildman–Crippen MR) is 79.6 cm³/mol. The molecule has 0 saturated carbocycles. The van der Waals surface area contributed by atoms with Gasteiger partial charge < -0.3 is 5.32 Å². The van der Waals surface area contributed by atoms with Gasteiger partial charge in [-0.1, -0.05) is 18.6 Å². The Labute approximate surface area is 123 Å². The van der Waals surface area contributed by atoms with Crippen molar-refractivity contribution in [1.82, 2.24) is 5.32 Å². The van der Waals surface area contributed by atoms with Crippen molar-refractivity contribution in [2.24, 2.45) is 10.9 Å². The van der Waals surface area contributed by atoms with Crippen LogP contribution in [0.4, 0.5) is 0 Å². The molecular formula is C15H17ClN2O2. The molecule has 1 aliphatic heterocycles. The van der Waals surface area contributed by atoms with Gasteiger partial charge in [0.15, 0.2) is 0 Å². The molecule has 0 spiro atoms. The van der Waals surface area contributed by atoms with Crippen LogP contribution in [0.25, 0.3) is 0 Å². The van der Waals surface area contributed by atoms with Gasteiger partial charge in [0.25, 0.3) is 5.91 Å². The first-order valence-electron chi connectivity index (χ1n) is 6.65. The number of fused-ring (bicyclic) bond motifs is 1. The van der Waals surface area contributed by atoms with E-state index in [-0.39, 0.29) is 30.0 Å². The highest BCUT2D eigenvalue weighted by Gasteiger charge is 2.28. The molecule has 20 heavy (non-hydrogen) atoms. The molecule has 0 saturated heterocycles. The highest BCUT2D eigenvalue weighted by atomic mass is 35.5. The highest BCUT2D eigenvalue weighted by Crippen LogP contribution is 2.31. The SMILES string of the molecule is CCC1=C(C)C2C=CC(=NC(=O)CCCl)C=C2NC1=O. The minimum atomic E-state index is -0.251.